The molecular formula is C27H25N3O5. The summed E-state index contributed by atoms with van der Waals surface area (Å²) in [7, 11) is 1.49. The summed E-state index contributed by atoms with van der Waals surface area (Å²) in [5.74, 6) is -1.72. The Bertz CT molecular complexity index is 1350. The number of aryl methyl sites for hydroxylation is 2. The van der Waals surface area contributed by atoms with Crippen LogP contribution in [0.3, 0.4) is 0 Å². The van der Waals surface area contributed by atoms with Crippen LogP contribution in [0.1, 0.15) is 35.2 Å². The van der Waals surface area contributed by atoms with Crippen LogP contribution < -0.4 is 15.0 Å². The molecule has 0 radical (unpaired) electrons. The van der Waals surface area contributed by atoms with E-state index in [1.54, 1.807) is 54.9 Å². The number of carbonyl (C=O) groups is 3. The van der Waals surface area contributed by atoms with Crippen molar-refractivity contribution < 1.29 is 24.2 Å². The van der Waals surface area contributed by atoms with E-state index in [-0.39, 0.29) is 17.2 Å². The van der Waals surface area contributed by atoms with E-state index in [2.05, 4.69) is 10.3 Å². The van der Waals surface area contributed by atoms with Crippen LogP contribution in [0.15, 0.2) is 66.5 Å². The molecule has 8 nitrogen and oxygen atoms in total. The Morgan fingerprint density at radius 1 is 1.11 bits per heavy atom. The number of ether oxygens (including phenoxy) is 1. The molecule has 2 N–H and O–H groups in total. The predicted octanol–water partition coefficient (Wildman–Crippen LogP) is 4.29. The second-order valence-corrected chi connectivity index (χ2v) is 8.35. The standard InChI is InChI=1S/C27H25N3O5/c1-15-12-16(2)26(35-4)21(13-15)24(32)22-23(18-6-5-11-28-14-18)30(27(34)25(22)33)20-9-7-19(8-10-20)29-17(3)31/h5-14,23,32H,1-4H3,(H,29,31)/b24-22+. The number of Topliss-reactive ketones (excluding diaryl/α,β-unsaturated/α-hetero) is 1. The van der Waals surface area contributed by atoms with Crippen molar-refractivity contribution in [2.75, 3.05) is 17.3 Å². The second kappa shape index (κ2) is 9.42. The van der Waals surface area contributed by atoms with Gasteiger partial charge in [0.05, 0.1) is 24.3 Å². The van der Waals surface area contributed by atoms with Gasteiger partial charge in [-0.15, -0.1) is 0 Å². The number of aliphatic hydroxyl groups excluding tert-OH is 1. The van der Waals surface area contributed by atoms with Crippen molar-refractivity contribution in [1.29, 1.82) is 0 Å². The molecule has 0 bridgehead atoms. The highest BCUT2D eigenvalue weighted by atomic mass is 16.5. The summed E-state index contributed by atoms with van der Waals surface area (Å²) in [5.41, 5.74) is 3.47. The Morgan fingerprint density at radius 2 is 1.83 bits per heavy atom. The molecule has 1 saturated heterocycles. The number of ketones is 1. The summed E-state index contributed by atoms with van der Waals surface area (Å²) in [5, 5.41) is 14.1. The number of aliphatic hydroxyl groups is 1. The molecule has 0 aliphatic carbocycles. The molecule has 1 fully saturated rings. The Balaban J connectivity index is 1.92. The third-order valence-electron chi connectivity index (χ3n) is 5.79. The summed E-state index contributed by atoms with van der Waals surface area (Å²) in [6, 6.07) is 12.7. The molecule has 8 heteroatoms. The Morgan fingerprint density at radius 3 is 2.43 bits per heavy atom. The Kier molecular flexibility index (Phi) is 6.38. The summed E-state index contributed by atoms with van der Waals surface area (Å²) >= 11 is 0. The molecule has 35 heavy (non-hydrogen) atoms. The fourth-order valence-electron chi connectivity index (χ4n) is 4.41. The van der Waals surface area contributed by atoms with E-state index in [0.29, 0.717) is 28.3 Å². The van der Waals surface area contributed by atoms with Gasteiger partial charge in [-0.1, -0.05) is 12.1 Å². The first kappa shape index (κ1) is 23.7. The van der Waals surface area contributed by atoms with Gasteiger partial charge in [-0.3, -0.25) is 24.3 Å². The molecule has 1 aromatic heterocycles. The average molecular weight is 472 g/mol. The average Bonchev–Trinajstić information content (AvgIpc) is 3.09. The molecule has 1 atom stereocenters. The topological polar surface area (TPSA) is 109 Å². The van der Waals surface area contributed by atoms with Crippen molar-refractivity contribution in [2.24, 2.45) is 0 Å². The molecule has 1 aliphatic heterocycles. The number of nitrogens with one attached hydrogen (secondary N) is 1. The zero-order chi connectivity index (χ0) is 25.3. The van der Waals surface area contributed by atoms with Gasteiger partial charge in [0.1, 0.15) is 11.5 Å². The molecule has 1 aliphatic rings. The van der Waals surface area contributed by atoms with E-state index in [1.807, 2.05) is 19.9 Å². The highest BCUT2D eigenvalue weighted by Gasteiger charge is 2.47. The SMILES string of the molecule is COc1c(C)cc(C)cc1/C(O)=C1\C(=O)C(=O)N(c2ccc(NC(C)=O)cc2)C1c1cccnc1. The fraction of sp³-hybridized carbons (Fsp3) is 0.185. The minimum atomic E-state index is -0.916. The first-order chi connectivity index (χ1) is 16.7. The quantitative estimate of drug-likeness (QED) is 0.326. The Labute approximate surface area is 202 Å². The fourth-order valence-corrected chi connectivity index (χ4v) is 4.41. The van der Waals surface area contributed by atoms with Crippen molar-refractivity contribution in [3.63, 3.8) is 0 Å². The van der Waals surface area contributed by atoms with Crippen LogP contribution in [0.25, 0.3) is 5.76 Å². The highest BCUT2D eigenvalue weighted by Crippen LogP contribution is 2.43. The van der Waals surface area contributed by atoms with Crippen LogP contribution in [-0.4, -0.2) is 34.8 Å². The maximum absolute atomic E-state index is 13.3. The van der Waals surface area contributed by atoms with E-state index >= 15 is 0 Å². The van der Waals surface area contributed by atoms with E-state index in [0.717, 1.165) is 11.1 Å². The van der Waals surface area contributed by atoms with Crippen LogP contribution >= 0.6 is 0 Å². The summed E-state index contributed by atoms with van der Waals surface area (Å²) in [4.78, 5) is 43.5. The van der Waals surface area contributed by atoms with Gasteiger partial charge in [-0.05, 0) is 66.9 Å². The highest BCUT2D eigenvalue weighted by molar-refractivity contribution is 6.51. The zero-order valence-electron chi connectivity index (χ0n) is 19.8. The maximum atomic E-state index is 13.3. The molecule has 2 aromatic carbocycles. The van der Waals surface area contributed by atoms with Crippen LogP contribution in [0.5, 0.6) is 5.75 Å². The lowest BCUT2D eigenvalue weighted by Crippen LogP contribution is -2.29. The largest absolute Gasteiger partial charge is 0.507 e. The van der Waals surface area contributed by atoms with Gasteiger partial charge < -0.3 is 15.2 Å². The lowest BCUT2D eigenvalue weighted by Gasteiger charge is -2.25. The number of pyridine rings is 1. The predicted molar refractivity (Wildman–Crippen MR) is 132 cm³/mol. The van der Waals surface area contributed by atoms with Gasteiger partial charge in [0.2, 0.25) is 5.91 Å². The molecule has 178 valence electrons. The number of aromatic nitrogens is 1. The summed E-state index contributed by atoms with van der Waals surface area (Å²) in [6.07, 6.45) is 3.14. The number of benzene rings is 2. The lowest BCUT2D eigenvalue weighted by molar-refractivity contribution is -0.132. The van der Waals surface area contributed by atoms with Crippen LogP contribution in [0.2, 0.25) is 0 Å². The van der Waals surface area contributed by atoms with Crippen LogP contribution in [-0.2, 0) is 14.4 Å². The van der Waals surface area contributed by atoms with Crippen molar-refractivity contribution in [3.05, 3.63) is 88.8 Å². The second-order valence-electron chi connectivity index (χ2n) is 8.35. The van der Waals surface area contributed by atoms with Crippen molar-refractivity contribution >= 4 is 34.7 Å². The van der Waals surface area contributed by atoms with E-state index in [4.69, 9.17) is 4.74 Å². The molecule has 0 spiro atoms. The van der Waals surface area contributed by atoms with E-state index in [9.17, 15) is 19.5 Å². The number of carbonyl (C=O) groups excluding carboxylic acids is 3. The first-order valence-electron chi connectivity index (χ1n) is 11.0. The van der Waals surface area contributed by atoms with Gasteiger partial charge >= 0.3 is 0 Å². The maximum Gasteiger partial charge on any atom is 0.300 e. The number of amides is 2. The normalized spacial score (nSPS) is 16.9. The smallest absolute Gasteiger partial charge is 0.300 e. The third-order valence-corrected chi connectivity index (χ3v) is 5.79. The molecule has 3 aromatic rings. The molecule has 2 amide bonds. The van der Waals surface area contributed by atoms with Gasteiger partial charge in [0.15, 0.2) is 0 Å². The van der Waals surface area contributed by atoms with Gasteiger partial charge in [-0.2, -0.15) is 0 Å². The minimum absolute atomic E-state index is 0.0581. The number of methoxy groups -OCH3 is 1. The zero-order valence-corrected chi connectivity index (χ0v) is 19.8. The number of hydrogen-bond acceptors (Lipinski definition) is 6. The molecule has 2 heterocycles. The van der Waals surface area contributed by atoms with Crippen molar-refractivity contribution in [3.8, 4) is 5.75 Å². The molecule has 1 unspecified atom stereocenters. The minimum Gasteiger partial charge on any atom is -0.507 e. The van der Waals surface area contributed by atoms with E-state index < -0.39 is 17.7 Å². The van der Waals surface area contributed by atoms with Gasteiger partial charge in [-0.25, -0.2) is 0 Å². The van der Waals surface area contributed by atoms with Crippen LogP contribution in [0.4, 0.5) is 11.4 Å². The van der Waals surface area contributed by atoms with E-state index in [1.165, 1.54) is 18.9 Å². The third kappa shape index (κ3) is 4.38. The molecular weight excluding hydrogens is 446 g/mol. The number of anilines is 2. The van der Waals surface area contributed by atoms with Crippen LogP contribution in [0, 0.1) is 13.8 Å². The summed E-state index contributed by atoms with van der Waals surface area (Å²) < 4.78 is 5.52. The monoisotopic (exact) mass is 471 g/mol. The number of hydrogen-bond donors (Lipinski definition) is 2. The molecule has 4 rings (SSSR count). The summed E-state index contributed by atoms with van der Waals surface area (Å²) in [6.45, 7) is 5.11. The Hall–Kier alpha value is -4.46. The van der Waals surface area contributed by atoms with Crippen molar-refractivity contribution in [1.82, 2.24) is 4.98 Å². The van der Waals surface area contributed by atoms with Crippen molar-refractivity contribution in [2.45, 2.75) is 26.8 Å². The van der Waals surface area contributed by atoms with Gasteiger partial charge in [0.25, 0.3) is 11.7 Å². The van der Waals surface area contributed by atoms with Gasteiger partial charge in [0, 0.05) is 30.7 Å². The first-order valence-corrected chi connectivity index (χ1v) is 11.0. The lowest BCUT2D eigenvalue weighted by atomic mass is 9.94. The number of nitrogens with zero attached hydrogens (tertiary/aromatic N) is 2. The number of rotatable bonds is 5. The molecule has 0 saturated carbocycles.